The lowest BCUT2D eigenvalue weighted by molar-refractivity contribution is -0.122. The molecule has 4 aromatic carbocycles. The number of carbonyl (C=O) groups excluding carboxylic acids is 2. The maximum Gasteiger partial charge on any atom is 0.239 e. The summed E-state index contributed by atoms with van der Waals surface area (Å²) in [6, 6.07) is 30.5. The summed E-state index contributed by atoms with van der Waals surface area (Å²) in [6.07, 6.45) is 1.97. The highest BCUT2D eigenvalue weighted by Crippen LogP contribution is 2.63. The van der Waals surface area contributed by atoms with Crippen LogP contribution in [0.5, 0.6) is 0 Å². The third kappa shape index (κ3) is 2.94. The first-order valence-electron chi connectivity index (χ1n) is 13.2. The highest BCUT2D eigenvalue weighted by Gasteiger charge is 2.67. The molecule has 0 unspecified atom stereocenters. The number of aliphatic imine (C=N–C) groups is 1. The molecule has 3 aliphatic carbocycles. The molecule has 2 atom stereocenters. The van der Waals surface area contributed by atoms with Gasteiger partial charge in [-0.2, -0.15) is 0 Å². The Labute approximate surface area is 222 Å². The number of rotatable bonds is 3. The molecule has 0 radical (unpaired) electrons. The van der Waals surface area contributed by atoms with Crippen LogP contribution >= 0.6 is 0 Å². The summed E-state index contributed by atoms with van der Waals surface area (Å²) in [6.45, 7) is 6.13. The number of benzene rings is 4. The van der Waals surface area contributed by atoms with Gasteiger partial charge < -0.3 is 0 Å². The summed E-state index contributed by atoms with van der Waals surface area (Å²) in [5.41, 5.74) is 8.38. The molecule has 4 nitrogen and oxygen atoms in total. The lowest BCUT2D eigenvalue weighted by Crippen LogP contribution is -2.54. The average molecular weight is 497 g/mol. The number of anilines is 1. The Morgan fingerprint density at radius 2 is 1.34 bits per heavy atom. The normalized spacial score (nSPS) is 25.0. The number of hydrogen-bond acceptors (Lipinski definition) is 3. The molecule has 1 heterocycles. The third-order valence-electron chi connectivity index (χ3n) is 8.74. The average Bonchev–Trinajstić information content (AvgIpc) is 3.19. The van der Waals surface area contributed by atoms with E-state index >= 15 is 0 Å². The second-order valence-electron chi connectivity index (χ2n) is 10.9. The first kappa shape index (κ1) is 22.9. The summed E-state index contributed by atoms with van der Waals surface area (Å²) in [5.74, 6) is -1.50. The Kier molecular flexibility index (Phi) is 4.87. The van der Waals surface area contributed by atoms with Crippen molar-refractivity contribution in [1.29, 1.82) is 0 Å². The fraction of sp³-hybridized carbons (Fsp3) is 0.206. The molecule has 0 aromatic heterocycles. The Bertz CT molecular complexity index is 1620. The van der Waals surface area contributed by atoms with E-state index in [9.17, 15) is 9.59 Å². The monoisotopic (exact) mass is 496 g/mol. The van der Waals surface area contributed by atoms with Gasteiger partial charge in [-0.3, -0.25) is 14.6 Å². The van der Waals surface area contributed by atoms with Gasteiger partial charge in [0.05, 0.1) is 28.6 Å². The van der Waals surface area contributed by atoms with E-state index in [0.29, 0.717) is 5.69 Å². The number of aryl methyl sites for hydroxylation is 3. The van der Waals surface area contributed by atoms with E-state index in [0.717, 1.165) is 39.1 Å². The number of carbonyl (C=O) groups is 2. The first-order valence-corrected chi connectivity index (χ1v) is 13.2. The summed E-state index contributed by atoms with van der Waals surface area (Å²) >= 11 is 0. The van der Waals surface area contributed by atoms with Gasteiger partial charge in [0.25, 0.3) is 0 Å². The second kappa shape index (κ2) is 8.09. The first-order chi connectivity index (χ1) is 18.4. The molecule has 4 aromatic rings. The zero-order chi connectivity index (χ0) is 26.2. The number of hydrogen-bond donors (Lipinski definition) is 0. The predicted octanol–water partition coefficient (Wildman–Crippen LogP) is 6.57. The van der Waals surface area contributed by atoms with Gasteiger partial charge in [0.1, 0.15) is 0 Å². The lowest BCUT2D eigenvalue weighted by Gasteiger charge is -2.52. The van der Waals surface area contributed by atoms with Gasteiger partial charge in [0, 0.05) is 12.1 Å². The van der Waals surface area contributed by atoms with Gasteiger partial charge in [-0.1, -0.05) is 83.9 Å². The molecule has 8 rings (SSSR count). The van der Waals surface area contributed by atoms with Crippen molar-refractivity contribution in [3.63, 3.8) is 0 Å². The van der Waals surface area contributed by atoms with Crippen LogP contribution in [0.2, 0.25) is 0 Å². The molecule has 4 heteroatoms. The van der Waals surface area contributed by atoms with Crippen LogP contribution in [0.25, 0.3) is 0 Å². The van der Waals surface area contributed by atoms with E-state index in [-0.39, 0.29) is 17.7 Å². The highest BCUT2D eigenvalue weighted by molar-refractivity contribution is 6.25. The molecule has 0 spiro atoms. The van der Waals surface area contributed by atoms with Crippen molar-refractivity contribution in [2.24, 2.45) is 16.8 Å². The molecule has 2 amide bonds. The van der Waals surface area contributed by atoms with E-state index in [4.69, 9.17) is 4.99 Å². The molecule has 0 saturated carbocycles. The van der Waals surface area contributed by atoms with Crippen LogP contribution in [0.1, 0.15) is 44.9 Å². The SMILES string of the molecule is Cc1ccc(N2C(=O)[C@@H]3C4c5ccccc5C(C=Nc5ccc(C)cc5C)(c5ccccc54)[C@@H]3C2=O)cc1. The van der Waals surface area contributed by atoms with Crippen molar-refractivity contribution < 1.29 is 9.59 Å². The standard InChI is InChI=1S/C34H28N2O2/c1-20-12-15-23(16-13-20)36-32(37)30-29-24-8-4-6-10-26(24)34(31(30)33(36)38,27-11-7-5-9-25(27)29)19-35-28-17-14-21(2)18-22(28)3/h4-19,29-31H,1-3H3/t29?,30-,31+,34?/m1/s1. The van der Waals surface area contributed by atoms with Crippen LogP contribution in [0.15, 0.2) is 96.0 Å². The van der Waals surface area contributed by atoms with Crippen LogP contribution in [-0.4, -0.2) is 18.0 Å². The molecule has 38 heavy (non-hydrogen) atoms. The van der Waals surface area contributed by atoms with Gasteiger partial charge in [0.15, 0.2) is 0 Å². The van der Waals surface area contributed by atoms with Crippen molar-refractivity contribution in [3.05, 3.63) is 130 Å². The molecule has 1 saturated heterocycles. The summed E-state index contributed by atoms with van der Waals surface area (Å²) in [7, 11) is 0. The van der Waals surface area contributed by atoms with Gasteiger partial charge in [-0.15, -0.1) is 0 Å². The highest BCUT2D eigenvalue weighted by atomic mass is 16.2. The van der Waals surface area contributed by atoms with E-state index < -0.39 is 17.3 Å². The minimum absolute atomic E-state index is 0.123. The second-order valence-corrected chi connectivity index (χ2v) is 10.9. The molecule has 2 bridgehead atoms. The minimum atomic E-state index is -0.851. The predicted molar refractivity (Wildman–Crippen MR) is 150 cm³/mol. The van der Waals surface area contributed by atoms with Crippen molar-refractivity contribution >= 4 is 29.4 Å². The van der Waals surface area contributed by atoms with Crippen molar-refractivity contribution in [2.45, 2.75) is 32.1 Å². The van der Waals surface area contributed by atoms with Gasteiger partial charge in [-0.25, -0.2) is 4.90 Å². The van der Waals surface area contributed by atoms with Crippen LogP contribution < -0.4 is 4.90 Å². The minimum Gasteiger partial charge on any atom is -0.274 e. The lowest BCUT2D eigenvalue weighted by atomic mass is 9.47. The largest absolute Gasteiger partial charge is 0.274 e. The van der Waals surface area contributed by atoms with Gasteiger partial charge in [0.2, 0.25) is 11.8 Å². The molecular formula is C34H28N2O2. The Morgan fingerprint density at radius 3 is 1.97 bits per heavy atom. The molecule has 1 fully saturated rings. The zero-order valence-corrected chi connectivity index (χ0v) is 21.7. The Balaban J connectivity index is 1.50. The Morgan fingerprint density at radius 1 is 0.737 bits per heavy atom. The van der Waals surface area contributed by atoms with Crippen LogP contribution in [-0.2, 0) is 15.0 Å². The smallest absolute Gasteiger partial charge is 0.239 e. The number of imide groups is 1. The van der Waals surface area contributed by atoms with Crippen molar-refractivity contribution in [1.82, 2.24) is 0 Å². The number of amides is 2. The molecule has 4 aliphatic rings. The van der Waals surface area contributed by atoms with Crippen LogP contribution in [0.3, 0.4) is 0 Å². The molecule has 0 N–H and O–H groups in total. The maximum absolute atomic E-state index is 14.4. The van der Waals surface area contributed by atoms with E-state index in [2.05, 4.69) is 50.2 Å². The van der Waals surface area contributed by atoms with Crippen molar-refractivity contribution in [3.8, 4) is 0 Å². The maximum atomic E-state index is 14.4. The van der Waals surface area contributed by atoms with E-state index in [1.54, 1.807) is 0 Å². The van der Waals surface area contributed by atoms with Gasteiger partial charge in [-0.05, 0) is 66.8 Å². The van der Waals surface area contributed by atoms with E-state index in [1.165, 1.54) is 10.5 Å². The fourth-order valence-electron chi connectivity index (χ4n) is 7.12. The third-order valence-corrected chi connectivity index (χ3v) is 8.74. The quantitative estimate of drug-likeness (QED) is 0.238. The Hall–Kier alpha value is -4.31. The zero-order valence-electron chi connectivity index (χ0n) is 21.7. The van der Waals surface area contributed by atoms with Crippen LogP contribution in [0, 0.1) is 32.6 Å². The van der Waals surface area contributed by atoms with Crippen LogP contribution in [0.4, 0.5) is 11.4 Å². The van der Waals surface area contributed by atoms with Gasteiger partial charge >= 0.3 is 0 Å². The summed E-state index contributed by atoms with van der Waals surface area (Å²) in [4.78, 5) is 35.1. The number of nitrogens with zero attached hydrogens (tertiary/aromatic N) is 2. The summed E-state index contributed by atoms with van der Waals surface area (Å²) < 4.78 is 0. The summed E-state index contributed by atoms with van der Waals surface area (Å²) in [5, 5.41) is 0. The fourth-order valence-corrected chi connectivity index (χ4v) is 7.12. The van der Waals surface area contributed by atoms with E-state index in [1.807, 2.05) is 67.7 Å². The molecule has 1 aliphatic heterocycles. The van der Waals surface area contributed by atoms with Crippen molar-refractivity contribution in [2.75, 3.05) is 4.90 Å². The molecule has 186 valence electrons. The molecular weight excluding hydrogens is 468 g/mol. The topological polar surface area (TPSA) is 49.7 Å².